The average molecular weight is 288 g/mol. The summed E-state index contributed by atoms with van der Waals surface area (Å²) in [6, 6.07) is 7.09. The fourth-order valence-corrected chi connectivity index (χ4v) is 2.48. The maximum absolute atomic E-state index is 12.0. The van der Waals surface area contributed by atoms with Gasteiger partial charge < -0.3 is 15.0 Å². The van der Waals surface area contributed by atoms with Crippen molar-refractivity contribution >= 4 is 22.8 Å². The summed E-state index contributed by atoms with van der Waals surface area (Å²) in [5.74, 6) is -1.26. The molecule has 2 rings (SSSR count). The largest absolute Gasteiger partial charge is 0.480 e. The first-order valence-corrected chi connectivity index (χ1v) is 7.15. The molecule has 0 saturated heterocycles. The zero-order valence-corrected chi connectivity index (χ0v) is 12.3. The molecule has 0 aliphatic rings. The van der Waals surface area contributed by atoms with Crippen LogP contribution in [0.2, 0.25) is 0 Å². The lowest BCUT2D eigenvalue weighted by atomic mass is 10.1. The number of fused-ring (bicyclic) bond motifs is 1. The molecule has 0 bridgehead atoms. The number of aryl methyl sites for hydroxylation is 1. The highest BCUT2D eigenvalue weighted by molar-refractivity contribution is 5.91. The minimum absolute atomic E-state index is 0.192. The van der Waals surface area contributed by atoms with Crippen LogP contribution < -0.4 is 5.32 Å². The predicted molar refractivity (Wildman–Crippen MR) is 81.2 cm³/mol. The van der Waals surface area contributed by atoms with E-state index in [1.807, 2.05) is 37.4 Å². The van der Waals surface area contributed by atoms with Gasteiger partial charge in [-0.05, 0) is 25.0 Å². The van der Waals surface area contributed by atoms with Gasteiger partial charge in [0.2, 0.25) is 5.91 Å². The molecule has 1 unspecified atom stereocenters. The molecule has 1 aromatic carbocycles. The standard InChI is InChI=1S/C16H20N2O3/c1-3-13(16(20)21)17-15(19)9-11-10-18(4-2)14-8-6-5-7-12(11)14/h5-8,10,13H,3-4,9H2,1-2H3,(H,17,19)(H,20,21). The van der Waals surface area contributed by atoms with Gasteiger partial charge in [-0.15, -0.1) is 0 Å². The molecule has 0 spiro atoms. The number of carboxylic acids is 1. The Hall–Kier alpha value is -2.30. The van der Waals surface area contributed by atoms with Gasteiger partial charge in [0.05, 0.1) is 6.42 Å². The Kier molecular flexibility index (Phi) is 4.62. The van der Waals surface area contributed by atoms with Gasteiger partial charge in [0.25, 0.3) is 0 Å². The predicted octanol–water partition coefficient (Wildman–Crippen LogP) is 2.18. The summed E-state index contributed by atoms with van der Waals surface area (Å²) < 4.78 is 2.09. The molecule has 0 aliphatic carbocycles. The first-order valence-electron chi connectivity index (χ1n) is 7.15. The molecule has 2 aromatic rings. The van der Waals surface area contributed by atoms with E-state index in [1.165, 1.54) is 0 Å². The molecule has 5 heteroatoms. The van der Waals surface area contributed by atoms with E-state index in [4.69, 9.17) is 5.11 Å². The van der Waals surface area contributed by atoms with Gasteiger partial charge in [0.1, 0.15) is 6.04 Å². The Morgan fingerprint density at radius 2 is 2.00 bits per heavy atom. The van der Waals surface area contributed by atoms with Gasteiger partial charge in [0.15, 0.2) is 0 Å². The van der Waals surface area contributed by atoms with Crippen LogP contribution in [0.25, 0.3) is 10.9 Å². The van der Waals surface area contributed by atoms with E-state index in [0.717, 1.165) is 23.0 Å². The number of benzene rings is 1. The fourth-order valence-electron chi connectivity index (χ4n) is 2.48. The van der Waals surface area contributed by atoms with Crippen molar-refractivity contribution < 1.29 is 14.7 Å². The molecule has 0 fully saturated rings. The van der Waals surface area contributed by atoms with Crippen LogP contribution >= 0.6 is 0 Å². The Morgan fingerprint density at radius 3 is 2.62 bits per heavy atom. The third-order valence-corrected chi connectivity index (χ3v) is 3.60. The minimum Gasteiger partial charge on any atom is -0.480 e. The second-order valence-corrected chi connectivity index (χ2v) is 5.00. The van der Waals surface area contributed by atoms with E-state index in [-0.39, 0.29) is 12.3 Å². The lowest BCUT2D eigenvalue weighted by molar-refractivity contribution is -0.141. The van der Waals surface area contributed by atoms with Gasteiger partial charge in [-0.1, -0.05) is 25.1 Å². The minimum atomic E-state index is -0.998. The van der Waals surface area contributed by atoms with E-state index in [1.54, 1.807) is 6.92 Å². The monoisotopic (exact) mass is 288 g/mol. The molecule has 1 aromatic heterocycles. The number of hydrogen-bond donors (Lipinski definition) is 2. The van der Waals surface area contributed by atoms with Crippen molar-refractivity contribution in [2.45, 2.75) is 39.3 Å². The summed E-state index contributed by atoms with van der Waals surface area (Å²) in [5.41, 5.74) is 2.01. The number of carbonyl (C=O) groups is 2. The smallest absolute Gasteiger partial charge is 0.326 e. The Balaban J connectivity index is 2.20. The summed E-state index contributed by atoms with van der Waals surface area (Å²) in [4.78, 5) is 23.0. The van der Waals surface area contributed by atoms with Gasteiger partial charge in [-0.3, -0.25) is 4.79 Å². The third-order valence-electron chi connectivity index (χ3n) is 3.60. The van der Waals surface area contributed by atoms with Crippen LogP contribution in [-0.4, -0.2) is 27.6 Å². The Labute approximate surface area is 123 Å². The summed E-state index contributed by atoms with van der Waals surface area (Å²) in [7, 11) is 0. The Morgan fingerprint density at radius 1 is 1.29 bits per heavy atom. The molecule has 1 atom stereocenters. The van der Waals surface area contributed by atoms with Gasteiger partial charge in [-0.2, -0.15) is 0 Å². The van der Waals surface area contributed by atoms with Gasteiger partial charge in [-0.25, -0.2) is 4.79 Å². The van der Waals surface area contributed by atoms with E-state index in [2.05, 4.69) is 9.88 Å². The summed E-state index contributed by atoms with van der Waals surface area (Å²) in [5, 5.41) is 12.6. The second kappa shape index (κ2) is 6.43. The van der Waals surface area contributed by atoms with Crippen molar-refractivity contribution in [3.63, 3.8) is 0 Å². The summed E-state index contributed by atoms with van der Waals surface area (Å²) in [6.07, 6.45) is 2.53. The molecular formula is C16H20N2O3. The van der Waals surface area contributed by atoms with Crippen molar-refractivity contribution in [1.29, 1.82) is 0 Å². The lowest BCUT2D eigenvalue weighted by Crippen LogP contribution is -2.40. The lowest BCUT2D eigenvalue weighted by Gasteiger charge is -2.11. The number of carboxylic acid groups (broad SMARTS) is 1. The molecule has 0 aliphatic heterocycles. The summed E-state index contributed by atoms with van der Waals surface area (Å²) in [6.45, 7) is 4.62. The zero-order valence-electron chi connectivity index (χ0n) is 12.3. The van der Waals surface area contributed by atoms with Crippen LogP contribution in [0.3, 0.4) is 0 Å². The number of aromatic nitrogens is 1. The van der Waals surface area contributed by atoms with E-state index >= 15 is 0 Å². The molecule has 0 saturated carbocycles. The third kappa shape index (κ3) is 3.24. The topological polar surface area (TPSA) is 71.3 Å². The van der Waals surface area contributed by atoms with Crippen LogP contribution in [0.4, 0.5) is 0 Å². The first kappa shape index (κ1) is 15.1. The molecule has 2 N–H and O–H groups in total. The number of rotatable bonds is 6. The Bertz CT molecular complexity index is 661. The van der Waals surface area contributed by atoms with Crippen molar-refractivity contribution in [2.75, 3.05) is 0 Å². The maximum Gasteiger partial charge on any atom is 0.326 e. The number of hydrogen-bond acceptors (Lipinski definition) is 2. The van der Waals surface area contributed by atoms with E-state index in [9.17, 15) is 9.59 Å². The number of nitrogens with one attached hydrogen (secondary N) is 1. The number of amides is 1. The molecule has 1 heterocycles. The molecule has 5 nitrogen and oxygen atoms in total. The SMILES string of the molecule is CCC(NC(=O)Cc1cn(CC)c2ccccc12)C(=O)O. The molecule has 21 heavy (non-hydrogen) atoms. The van der Waals surface area contributed by atoms with Crippen molar-refractivity contribution in [1.82, 2.24) is 9.88 Å². The maximum atomic E-state index is 12.0. The van der Waals surface area contributed by atoms with Gasteiger partial charge >= 0.3 is 5.97 Å². The number of carbonyl (C=O) groups excluding carboxylic acids is 1. The van der Waals surface area contributed by atoms with Crippen molar-refractivity contribution in [3.05, 3.63) is 36.0 Å². The van der Waals surface area contributed by atoms with Crippen molar-refractivity contribution in [2.24, 2.45) is 0 Å². The van der Waals surface area contributed by atoms with E-state index in [0.29, 0.717) is 6.42 Å². The normalized spacial score (nSPS) is 12.3. The molecule has 112 valence electrons. The number of nitrogens with zero attached hydrogens (tertiary/aromatic N) is 1. The number of para-hydroxylation sites is 1. The highest BCUT2D eigenvalue weighted by atomic mass is 16.4. The highest BCUT2D eigenvalue weighted by Crippen LogP contribution is 2.21. The quantitative estimate of drug-likeness (QED) is 0.856. The van der Waals surface area contributed by atoms with Crippen molar-refractivity contribution in [3.8, 4) is 0 Å². The molecule has 0 radical (unpaired) electrons. The van der Waals surface area contributed by atoms with Crippen LogP contribution in [0, 0.1) is 0 Å². The molecule has 1 amide bonds. The average Bonchev–Trinajstić information content (AvgIpc) is 2.82. The van der Waals surface area contributed by atoms with Crippen LogP contribution in [0.5, 0.6) is 0 Å². The fraction of sp³-hybridized carbons (Fsp3) is 0.375. The highest BCUT2D eigenvalue weighted by Gasteiger charge is 2.18. The molecular weight excluding hydrogens is 268 g/mol. The van der Waals surface area contributed by atoms with E-state index < -0.39 is 12.0 Å². The summed E-state index contributed by atoms with van der Waals surface area (Å²) >= 11 is 0. The van der Waals surface area contributed by atoms with Gasteiger partial charge in [0, 0.05) is 23.6 Å². The first-order chi connectivity index (χ1) is 10.1. The van der Waals surface area contributed by atoms with Crippen LogP contribution in [0.1, 0.15) is 25.8 Å². The van der Waals surface area contributed by atoms with Crippen LogP contribution in [0.15, 0.2) is 30.5 Å². The number of aliphatic carboxylic acids is 1. The second-order valence-electron chi connectivity index (χ2n) is 5.00. The zero-order chi connectivity index (χ0) is 15.4. The van der Waals surface area contributed by atoms with Crippen LogP contribution in [-0.2, 0) is 22.6 Å².